The molecule has 0 saturated heterocycles. The van der Waals surface area contributed by atoms with Gasteiger partial charge in [-0.1, -0.05) is 24.3 Å². The number of halogens is 2. The Morgan fingerprint density at radius 3 is 2.57 bits per heavy atom. The average Bonchev–Trinajstić information content (AvgIpc) is 2.44. The first-order valence-electron chi connectivity index (χ1n) is 6.53. The fourth-order valence-corrected chi connectivity index (χ4v) is 1.99. The maximum atomic E-state index is 13.9. The number of para-hydroxylation sites is 1. The fourth-order valence-electron chi connectivity index (χ4n) is 1.99. The van der Waals surface area contributed by atoms with E-state index in [0.717, 1.165) is 5.56 Å². The number of rotatable bonds is 4. The highest BCUT2D eigenvalue weighted by atomic mass is 19.1. The van der Waals surface area contributed by atoms with Gasteiger partial charge in [0, 0.05) is 19.2 Å². The Bertz CT molecular complexity index is 671. The number of carbonyl (C=O) groups is 1. The largest absolute Gasteiger partial charge is 0.376 e. The minimum Gasteiger partial charge on any atom is -0.376 e. The Labute approximate surface area is 122 Å². The van der Waals surface area contributed by atoms with Crippen LogP contribution in [0.5, 0.6) is 0 Å². The summed E-state index contributed by atoms with van der Waals surface area (Å²) in [5, 5.41) is 5.43. The molecule has 0 spiro atoms. The summed E-state index contributed by atoms with van der Waals surface area (Å²) in [6, 6.07) is 9.71. The second kappa shape index (κ2) is 6.35. The summed E-state index contributed by atoms with van der Waals surface area (Å²) in [7, 11) is 0. The fraction of sp³-hybridized carbons (Fsp3) is 0.188. The van der Waals surface area contributed by atoms with Crippen LogP contribution in [-0.4, -0.2) is 5.91 Å². The van der Waals surface area contributed by atoms with E-state index < -0.39 is 11.6 Å². The molecule has 0 aromatic heterocycles. The van der Waals surface area contributed by atoms with E-state index in [1.54, 1.807) is 31.2 Å². The number of hydrogen-bond acceptors (Lipinski definition) is 2. The minimum absolute atomic E-state index is 0.160. The first-order valence-corrected chi connectivity index (χ1v) is 6.53. The van der Waals surface area contributed by atoms with E-state index in [1.807, 2.05) is 0 Å². The molecule has 0 aliphatic heterocycles. The Hall–Kier alpha value is -2.43. The van der Waals surface area contributed by atoms with Crippen molar-refractivity contribution in [2.45, 2.75) is 20.4 Å². The summed E-state index contributed by atoms with van der Waals surface area (Å²) in [6.45, 7) is 3.18. The molecule has 0 heterocycles. The van der Waals surface area contributed by atoms with Crippen molar-refractivity contribution in [2.75, 3.05) is 10.6 Å². The van der Waals surface area contributed by atoms with Crippen LogP contribution in [0.3, 0.4) is 0 Å². The molecule has 2 rings (SSSR count). The molecule has 110 valence electrons. The lowest BCUT2D eigenvalue weighted by Gasteiger charge is -2.13. The minimum atomic E-state index is -0.643. The molecule has 2 aromatic rings. The monoisotopic (exact) mass is 290 g/mol. The zero-order valence-corrected chi connectivity index (χ0v) is 11.8. The van der Waals surface area contributed by atoms with Gasteiger partial charge in [0.15, 0.2) is 5.82 Å². The van der Waals surface area contributed by atoms with E-state index in [1.165, 1.54) is 19.1 Å². The van der Waals surface area contributed by atoms with Crippen molar-refractivity contribution in [1.82, 2.24) is 0 Å². The lowest BCUT2D eigenvalue weighted by Crippen LogP contribution is -2.11. The highest BCUT2D eigenvalue weighted by Crippen LogP contribution is 2.23. The zero-order valence-electron chi connectivity index (χ0n) is 11.8. The van der Waals surface area contributed by atoms with Crippen LogP contribution in [0.15, 0.2) is 36.4 Å². The second-order valence-electron chi connectivity index (χ2n) is 4.75. The highest BCUT2D eigenvalue weighted by Gasteiger charge is 2.12. The number of amides is 1. The van der Waals surface area contributed by atoms with Gasteiger partial charge in [0.25, 0.3) is 0 Å². The lowest BCUT2D eigenvalue weighted by atomic mass is 10.1. The van der Waals surface area contributed by atoms with Gasteiger partial charge in [-0.05, 0) is 30.2 Å². The van der Waals surface area contributed by atoms with E-state index in [-0.39, 0.29) is 18.1 Å². The van der Waals surface area contributed by atoms with Crippen LogP contribution < -0.4 is 10.6 Å². The van der Waals surface area contributed by atoms with Crippen molar-refractivity contribution in [1.29, 1.82) is 0 Å². The molecule has 1 amide bonds. The predicted octanol–water partition coefficient (Wildman–Crippen LogP) is 3.84. The molecule has 3 nitrogen and oxygen atoms in total. The molecule has 0 bridgehead atoms. The molecule has 0 aliphatic carbocycles. The maximum Gasteiger partial charge on any atom is 0.221 e. The van der Waals surface area contributed by atoms with Crippen molar-refractivity contribution in [3.8, 4) is 0 Å². The molecule has 5 heteroatoms. The van der Waals surface area contributed by atoms with Crippen molar-refractivity contribution in [3.05, 3.63) is 59.2 Å². The van der Waals surface area contributed by atoms with Crippen LogP contribution in [0.2, 0.25) is 0 Å². The van der Waals surface area contributed by atoms with Crippen molar-refractivity contribution >= 4 is 17.3 Å². The highest BCUT2D eigenvalue weighted by molar-refractivity contribution is 5.89. The molecular weight excluding hydrogens is 274 g/mol. The molecule has 21 heavy (non-hydrogen) atoms. The van der Waals surface area contributed by atoms with Crippen molar-refractivity contribution < 1.29 is 13.6 Å². The predicted molar refractivity (Wildman–Crippen MR) is 79.2 cm³/mol. The van der Waals surface area contributed by atoms with Gasteiger partial charge < -0.3 is 10.6 Å². The molecule has 0 unspecified atom stereocenters. The second-order valence-corrected chi connectivity index (χ2v) is 4.75. The molecule has 0 aliphatic rings. The van der Waals surface area contributed by atoms with Gasteiger partial charge >= 0.3 is 0 Å². The van der Waals surface area contributed by atoms with Gasteiger partial charge in [0.1, 0.15) is 11.5 Å². The third-order valence-electron chi connectivity index (χ3n) is 3.07. The van der Waals surface area contributed by atoms with Gasteiger partial charge in [-0.25, -0.2) is 8.78 Å². The normalized spacial score (nSPS) is 10.3. The molecule has 0 atom stereocenters. The SMILES string of the molecule is CC(=O)Nc1ccccc1CNc1c(F)ccc(C)c1F. The third-order valence-corrected chi connectivity index (χ3v) is 3.07. The van der Waals surface area contributed by atoms with E-state index in [9.17, 15) is 13.6 Å². The van der Waals surface area contributed by atoms with Crippen LogP contribution >= 0.6 is 0 Å². The first-order chi connectivity index (χ1) is 9.99. The quantitative estimate of drug-likeness (QED) is 0.898. The number of benzene rings is 2. The molecule has 0 saturated carbocycles. The summed E-state index contributed by atoms with van der Waals surface area (Å²) < 4.78 is 27.6. The van der Waals surface area contributed by atoms with Crippen molar-refractivity contribution in [3.63, 3.8) is 0 Å². The zero-order chi connectivity index (χ0) is 15.4. The molecule has 2 N–H and O–H groups in total. The Balaban J connectivity index is 2.21. The summed E-state index contributed by atoms with van der Waals surface area (Å²) in [4.78, 5) is 11.1. The maximum absolute atomic E-state index is 13.9. The van der Waals surface area contributed by atoms with Gasteiger partial charge in [-0.3, -0.25) is 4.79 Å². The number of hydrogen-bond donors (Lipinski definition) is 2. The number of aryl methyl sites for hydroxylation is 1. The van der Waals surface area contributed by atoms with Crippen LogP contribution in [0.1, 0.15) is 18.1 Å². The topological polar surface area (TPSA) is 41.1 Å². The van der Waals surface area contributed by atoms with E-state index in [0.29, 0.717) is 11.3 Å². The molecule has 0 radical (unpaired) electrons. The summed E-state index contributed by atoms with van der Waals surface area (Å²) in [5.74, 6) is -1.45. The number of nitrogens with one attached hydrogen (secondary N) is 2. The van der Waals surface area contributed by atoms with Crippen molar-refractivity contribution in [2.24, 2.45) is 0 Å². The van der Waals surface area contributed by atoms with Crippen LogP contribution in [0, 0.1) is 18.6 Å². The van der Waals surface area contributed by atoms with Gasteiger partial charge in [0.2, 0.25) is 5.91 Å². The molecule has 0 fully saturated rings. The van der Waals surface area contributed by atoms with Crippen LogP contribution in [-0.2, 0) is 11.3 Å². The lowest BCUT2D eigenvalue weighted by molar-refractivity contribution is -0.114. The third kappa shape index (κ3) is 3.56. The van der Waals surface area contributed by atoms with E-state index in [4.69, 9.17) is 0 Å². The number of carbonyl (C=O) groups excluding carboxylic acids is 1. The number of anilines is 2. The summed E-state index contributed by atoms with van der Waals surface area (Å²) >= 11 is 0. The summed E-state index contributed by atoms with van der Waals surface area (Å²) in [5.41, 5.74) is 1.57. The Morgan fingerprint density at radius 2 is 1.86 bits per heavy atom. The standard InChI is InChI=1S/C16H16F2N2O/c1-10-7-8-13(17)16(15(10)18)19-9-12-5-3-4-6-14(12)20-11(2)21/h3-8,19H,9H2,1-2H3,(H,20,21). The van der Waals surface area contributed by atoms with Gasteiger partial charge in [0.05, 0.1) is 0 Å². The first kappa shape index (κ1) is 15.0. The van der Waals surface area contributed by atoms with E-state index >= 15 is 0 Å². The average molecular weight is 290 g/mol. The smallest absolute Gasteiger partial charge is 0.221 e. The van der Waals surface area contributed by atoms with Crippen LogP contribution in [0.4, 0.5) is 20.2 Å². The molecular formula is C16H16F2N2O. The summed E-state index contributed by atoms with van der Waals surface area (Å²) in [6.07, 6.45) is 0. The van der Waals surface area contributed by atoms with Crippen LogP contribution in [0.25, 0.3) is 0 Å². The molecule has 2 aromatic carbocycles. The van der Waals surface area contributed by atoms with Gasteiger partial charge in [-0.2, -0.15) is 0 Å². The Kier molecular flexibility index (Phi) is 4.52. The van der Waals surface area contributed by atoms with Gasteiger partial charge in [-0.15, -0.1) is 0 Å². The van der Waals surface area contributed by atoms with E-state index in [2.05, 4.69) is 10.6 Å². The Morgan fingerprint density at radius 1 is 1.14 bits per heavy atom.